The van der Waals surface area contributed by atoms with E-state index in [2.05, 4.69) is 5.16 Å². The molecule has 1 fully saturated rings. The number of nitrogens with two attached hydrogens (primary N) is 1. The predicted octanol–water partition coefficient (Wildman–Crippen LogP) is -0.0874. The molecule has 1 amide bonds. The normalized spacial score (nSPS) is 22.6. The third-order valence-electron chi connectivity index (χ3n) is 2.22. The molecule has 6 nitrogen and oxygen atoms in total. The van der Waals surface area contributed by atoms with Gasteiger partial charge >= 0.3 is 6.18 Å². The molecule has 0 aromatic heterocycles. The van der Waals surface area contributed by atoms with Crippen LogP contribution in [0.15, 0.2) is 5.16 Å². The number of amides is 1. The molecule has 0 bridgehead atoms. The van der Waals surface area contributed by atoms with Crippen LogP contribution in [-0.4, -0.2) is 53.8 Å². The Hall–Kier alpha value is -1.51. The van der Waals surface area contributed by atoms with Gasteiger partial charge in [0.15, 0.2) is 5.84 Å². The first-order valence-electron chi connectivity index (χ1n) is 4.77. The van der Waals surface area contributed by atoms with Crippen LogP contribution in [-0.2, 0) is 9.53 Å². The van der Waals surface area contributed by atoms with Gasteiger partial charge in [0.05, 0.1) is 13.2 Å². The highest BCUT2D eigenvalue weighted by Crippen LogP contribution is 2.21. The number of ether oxygens (including phenoxy) is 1. The summed E-state index contributed by atoms with van der Waals surface area (Å²) in [5.41, 5.74) is 5.25. The highest BCUT2D eigenvalue weighted by Gasteiger charge is 2.35. The van der Waals surface area contributed by atoms with Crippen LogP contribution in [0.5, 0.6) is 0 Å². The maximum absolute atomic E-state index is 12.0. The van der Waals surface area contributed by atoms with Crippen molar-refractivity contribution >= 4 is 11.7 Å². The summed E-state index contributed by atoms with van der Waals surface area (Å²) < 4.78 is 41.1. The summed E-state index contributed by atoms with van der Waals surface area (Å²) in [7, 11) is 0. The van der Waals surface area contributed by atoms with Gasteiger partial charge in [0.1, 0.15) is 12.5 Å². The average molecular weight is 255 g/mol. The highest BCUT2D eigenvalue weighted by atomic mass is 19.4. The molecule has 0 radical (unpaired) electrons. The molecule has 1 rings (SSSR count). The van der Waals surface area contributed by atoms with Crippen molar-refractivity contribution in [3.63, 3.8) is 0 Å². The smallest absolute Gasteiger partial charge is 0.397 e. The Morgan fingerprint density at radius 1 is 1.59 bits per heavy atom. The van der Waals surface area contributed by atoms with Gasteiger partial charge in [-0.2, -0.15) is 13.2 Å². The number of amidine groups is 1. The number of nitrogens with zero attached hydrogens (tertiary/aromatic N) is 2. The summed E-state index contributed by atoms with van der Waals surface area (Å²) in [5.74, 6) is -1.31. The van der Waals surface area contributed by atoms with Gasteiger partial charge in [-0.25, -0.2) is 0 Å². The Balaban J connectivity index is 2.58. The molecule has 1 aliphatic heterocycles. The molecule has 1 aliphatic rings. The van der Waals surface area contributed by atoms with Crippen molar-refractivity contribution in [2.24, 2.45) is 10.9 Å². The number of rotatable bonds is 2. The molecule has 0 aromatic carbocycles. The van der Waals surface area contributed by atoms with Gasteiger partial charge in [-0.1, -0.05) is 5.16 Å². The third-order valence-corrected chi connectivity index (χ3v) is 2.22. The Bertz CT molecular complexity index is 319. The molecular weight excluding hydrogens is 243 g/mol. The summed E-state index contributed by atoms with van der Waals surface area (Å²) in [4.78, 5) is 12.3. The van der Waals surface area contributed by atoms with Crippen molar-refractivity contribution in [1.29, 1.82) is 0 Å². The lowest BCUT2D eigenvalue weighted by Gasteiger charge is -2.32. The molecular formula is C8H12F3N3O3. The van der Waals surface area contributed by atoms with Crippen LogP contribution >= 0.6 is 0 Å². The van der Waals surface area contributed by atoms with E-state index in [9.17, 15) is 18.0 Å². The second-order valence-corrected chi connectivity index (χ2v) is 3.52. The van der Waals surface area contributed by atoms with E-state index in [0.29, 0.717) is 0 Å². The monoisotopic (exact) mass is 255 g/mol. The topological polar surface area (TPSA) is 88.2 Å². The zero-order valence-corrected chi connectivity index (χ0v) is 8.78. The maximum atomic E-state index is 12.0. The van der Waals surface area contributed by atoms with Crippen LogP contribution in [0.25, 0.3) is 0 Å². The summed E-state index contributed by atoms with van der Waals surface area (Å²) >= 11 is 0. The molecule has 1 atom stereocenters. The Labute approximate surface area is 94.8 Å². The predicted molar refractivity (Wildman–Crippen MR) is 50.4 cm³/mol. The van der Waals surface area contributed by atoms with Gasteiger partial charge in [0, 0.05) is 6.54 Å². The fraction of sp³-hybridized carbons (Fsp3) is 0.750. The molecule has 3 N–H and O–H groups in total. The molecule has 9 heteroatoms. The number of hydrogen-bond donors (Lipinski definition) is 2. The van der Waals surface area contributed by atoms with Crippen LogP contribution in [0, 0.1) is 0 Å². The van der Waals surface area contributed by atoms with Crippen molar-refractivity contribution < 1.29 is 27.9 Å². The standard InChI is InChI=1S/C8H12F3N3O3/c9-8(10,11)3-6(15)14-1-2-17-5(4-14)7(12)13-16/h5,16H,1-4H2,(H2,12,13). The molecule has 0 aromatic rings. The van der Waals surface area contributed by atoms with Crippen molar-refractivity contribution in [3.8, 4) is 0 Å². The van der Waals surface area contributed by atoms with Gasteiger partial charge < -0.3 is 20.6 Å². The van der Waals surface area contributed by atoms with E-state index in [1.54, 1.807) is 0 Å². The van der Waals surface area contributed by atoms with E-state index in [1.807, 2.05) is 0 Å². The lowest BCUT2D eigenvalue weighted by atomic mass is 10.2. The van der Waals surface area contributed by atoms with Crippen LogP contribution < -0.4 is 5.73 Å². The van der Waals surface area contributed by atoms with Crippen LogP contribution in [0.3, 0.4) is 0 Å². The maximum Gasteiger partial charge on any atom is 0.397 e. The number of carbonyl (C=O) groups excluding carboxylic acids is 1. The second-order valence-electron chi connectivity index (χ2n) is 3.52. The number of oxime groups is 1. The summed E-state index contributed by atoms with van der Waals surface area (Å²) in [5, 5.41) is 11.1. The lowest BCUT2D eigenvalue weighted by Crippen LogP contribution is -2.51. The van der Waals surface area contributed by atoms with E-state index in [0.717, 1.165) is 4.90 Å². The molecule has 1 heterocycles. The van der Waals surface area contributed by atoms with E-state index in [-0.39, 0.29) is 25.5 Å². The van der Waals surface area contributed by atoms with E-state index >= 15 is 0 Å². The lowest BCUT2D eigenvalue weighted by molar-refractivity contribution is -0.164. The van der Waals surface area contributed by atoms with Crippen LogP contribution in [0.4, 0.5) is 13.2 Å². The quantitative estimate of drug-likeness (QED) is 0.312. The first-order chi connectivity index (χ1) is 7.83. The van der Waals surface area contributed by atoms with Crippen molar-refractivity contribution in [3.05, 3.63) is 0 Å². The number of halogens is 3. The summed E-state index contributed by atoms with van der Waals surface area (Å²) in [6.45, 7) is -0.0422. The molecule has 17 heavy (non-hydrogen) atoms. The first-order valence-corrected chi connectivity index (χ1v) is 4.77. The van der Waals surface area contributed by atoms with Crippen LogP contribution in [0.2, 0.25) is 0 Å². The second kappa shape index (κ2) is 5.21. The molecule has 0 saturated carbocycles. The van der Waals surface area contributed by atoms with Crippen molar-refractivity contribution in [1.82, 2.24) is 4.90 Å². The van der Waals surface area contributed by atoms with E-state index < -0.39 is 24.6 Å². The van der Waals surface area contributed by atoms with E-state index in [4.69, 9.17) is 15.7 Å². The first kappa shape index (κ1) is 13.6. The number of morpholine rings is 1. The number of alkyl halides is 3. The summed E-state index contributed by atoms with van der Waals surface area (Å²) in [6.07, 6.45) is -6.93. The highest BCUT2D eigenvalue weighted by molar-refractivity contribution is 5.85. The van der Waals surface area contributed by atoms with Crippen molar-refractivity contribution in [2.75, 3.05) is 19.7 Å². The average Bonchev–Trinajstić information content (AvgIpc) is 2.26. The van der Waals surface area contributed by atoms with Crippen LogP contribution in [0.1, 0.15) is 6.42 Å². The van der Waals surface area contributed by atoms with Gasteiger partial charge in [-0.05, 0) is 0 Å². The zero-order valence-electron chi connectivity index (χ0n) is 8.78. The zero-order chi connectivity index (χ0) is 13.1. The molecule has 1 saturated heterocycles. The summed E-state index contributed by atoms with van der Waals surface area (Å²) in [6, 6.07) is 0. The Kier molecular flexibility index (Phi) is 4.16. The minimum absolute atomic E-state index is 0.0461. The third kappa shape index (κ3) is 4.10. The van der Waals surface area contributed by atoms with Gasteiger partial charge in [-0.3, -0.25) is 4.79 Å². The molecule has 0 spiro atoms. The molecule has 98 valence electrons. The Morgan fingerprint density at radius 3 is 2.76 bits per heavy atom. The SMILES string of the molecule is NC(=NO)C1CN(C(=O)CC(F)(F)F)CCO1. The number of hydrogen-bond acceptors (Lipinski definition) is 4. The Morgan fingerprint density at radius 2 is 2.24 bits per heavy atom. The van der Waals surface area contributed by atoms with E-state index in [1.165, 1.54) is 0 Å². The minimum atomic E-state index is -4.54. The van der Waals surface area contributed by atoms with Gasteiger partial charge in [0.25, 0.3) is 0 Å². The fourth-order valence-corrected chi connectivity index (χ4v) is 1.40. The van der Waals surface area contributed by atoms with Crippen molar-refractivity contribution in [2.45, 2.75) is 18.7 Å². The largest absolute Gasteiger partial charge is 0.409 e. The minimum Gasteiger partial charge on any atom is -0.409 e. The van der Waals surface area contributed by atoms with Gasteiger partial charge in [0.2, 0.25) is 5.91 Å². The molecule has 0 aliphatic carbocycles. The number of carbonyl (C=O) groups is 1. The molecule has 1 unspecified atom stereocenters. The fourth-order valence-electron chi connectivity index (χ4n) is 1.40. The van der Waals surface area contributed by atoms with Gasteiger partial charge in [-0.15, -0.1) is 0 Å².